The van der Waals surface area contributed by atoms with E-state index < -0.39 is 10.0 Å². The molecule has 0 bridgehead atoms. The number of amides is 1. The molecule has 1 heterocycles. The SMILES string of the molecule is CCCCS(=O)(=O)NCC(=O)N1CCOCC1. The van der Waals surface area contributed by atoms with Crippen molar-refractivity contribution in [1.82, 2.24) is 9.62 Å². The van der Waals surface area contributed by atoms with Crippen molar-refractivity contribution in [2.75, 3.05) is 38.6 Å². The van der Waals surface area contributed by atoms with Crippen LogP contribution in [0.4, 0.5) is 0 Å². The van der Waals surface area contributed by atoms with Crippen molar-refractivity contribution in [2.24, 2.45) is 0 Å². The molecule has 0 atom stereocenters. The van der Waals surface area contributed by atoms with Gasteiger partial charge in [-0.05, 0) is 6.42 Å². The fraction of sp³-hybridized carbons (Fsp3) is 0.900. The average Bonchev–Trinajstić information content (AvgIpc) is 2.35. The van der Waals surface area contributed by atoms with E-state index in [0.717, 1.165) is 6.42 Å². The molecule has 17 heavy (non-hydrogen) atoms. The summed E-state index contributed by atoms with van der Waals surface area (Å²) in [5.74, 6) is -0.103. The molecule has 1 N–H and O–H groups in total. The minimum atomic E-state index is -3.31. The molecule has 1 fully saturated rings. The maximum Gasteiger partial charge on any atom is 0.237 e. The first-order valence-electron chi connectivity index (χ1n) is 5.88. The Hall–Kier alpha value is -0.660. The van der Waals surface area contributed by atoms with E-state index in [9.17, 15) is 13.2 Å². The van der Waals surface area contributed by atoms with E-state index in [4.69, 9.17) is 4.74 Å². The lowest BCUT2D eigenvalue weighted by atomic mass is 10.4. The van der Waals surface area contributed by atoms with E-state index in [2.05, 4.69) is 4.72 Å². The lowest BCUT2D eigenvalue weighted by Gasteiger charge is -2.26. The van der Waals surface area contributed by atoms with Gasteiger partial charge in [-0.1, -0.05) is 13.3 Å². The summed E-state index contributed by atoms with van der Waals surface area (Å²) in [6.07, 6.45) is 1.43. The highest BCUT2D eigenvalue weighted by molar-refractivity contribution is 7.89. The Kier molecular flexibility index (Phi) is 5.87. The molecule has 1 rings (SSSR count). The van der Waals surface area contributed by atoms with Crippen LogP contribution in [0.15, 0.2) is 0 Å². The first-order valence-corrected chi connectivity index (χ1v) is 7.53. The van der Waals surface area contributed by atoms with E-state index in [-0.39, 0.29) is 18.2 Å². The molecule has 0 aliphatic carbocycles. The smallest absolute Gasteiger partial charge is 0.237 e. The summed E-state index contributed by atoms with van der Waals surface area (Å²) in [6, 6.07) is 0. The van der Waals surface area contributed by atoms with Crippen LogP contribution in [-0.4, -0.2) is 57.8 Å². The van der Waals surface area contributed by atoms with Gasteiger partial charge in [-0.15, -0.1) is 0 Å². The largest absolute Gasteiger partial charge is 0.378 e. The monoisotopic (exact) mass is 264 g/mol. The summed E-state index contributed by atoms with van der Waals surface area (Å²) in [5, 5.41) is 0. The zero-order valence-corrected chi connectivity index (χ0v) is 11.0. The fourth-order valence-electron chi connectivity index (χ4n) is 1.50. The number of nitrogens with zero attached hydrogens (tertiary/aromatic N) is 1. The molecule has 6 nitrogen and oxygen atoms in total. The lowest BCUT2D eigenvalue weighted by molar-refractivity contribution is -0.133. The van der Waals surface area contributed by atoms with E-state index >= 15 is 0 Å². The zero-order chi connectivity index (χ0) is 12.7. The molecule has 0 saturated carbocycles. The van der Waals surface area contributed by atoms with Crippen molar-refractivity contribution in [3.05, 3.63) is 0 Å². The van der Waals surface area contributed by atoms with Crippen LogP contribution in [0.1, 0.15) is 19.8 Å². The van der Waals surface area contributed by atoms with Gasteiger partial charge in [-0.3, -0.25) is 4.79 Å². The third kappa shape index (κ3) is 5.47. The van der Waals surface area contributed by atoms with Crippen molar-refractivity contribution in [1.29, 1.82) is 0 Å². The number of carbonyl (C=O) groups is 1. The Bertz CT molecular complexity index is 336. The number of hydrogen-bond donors (Lipinski definition) is 1. The Balaban J connectivity index is 2.31. The number of unbranched alkanes of at least 4 members (excludes halogenated alkanes) is 1. The standard InChI is InChI=1S/C10H20N2O4S/c1-2-3-8-17(14,15)11-9-10(13)12-4-6-16-7-5-12/h11H,2-9H2,1H3. The van der Waals surface area contributed by atoms with E-state index in [1.54, 1.807) is 4.90 Å². The lowest BCUT2D eigenvalue weighted by Crippen LogP contribution is -2.45. The van der Waals surface area contributed by atoms with Crippen LogP contribution in [0.25, 0.3) is 0 Å². The number of sulfonamides is 1. The third-order valence-corrected chi connectivity index (χ3v) is 3.98. The molecular weight excluding hydrogens is 244 g/mol. The maximum absolute atomic E-state index is 11.7. The van der Waals surface area contributed by atoms with Gasteiger partial charge in [-0.2, -0.15) is 0 Å². The minimum absolute atomic E-state index is 0.0832. The van der Waals surface area contributed by atoms with E-state index in [1.165, 1.54) is 0 Å². The minimum Gasteiger partial charge on any atom is -0.378 e. The van der Waals surface area contributed by atoms with Gasteiger partial charge >= 0.3 is 0 Å². The van der Waals surface area contributed by atoms with Crippen LogP contribution in [0.5, 0.6) is 0 Å². The Morgan fingerprint density at radius 3 is 2.59 bits per heavy atom. The summed E-state index contributed by atoms with van der Waals surface area (Å²) < 4.78 is 30.4. The van der Waals surface area contributed by atoms with Gasteiger partial charge in [0.1, 0.15) is 0 Å². The summed E-state index contributed by atoms with van der Waals surface area (Å²) in [6.45, 7) is 3.90. The Morgan fingerprint density at radius 2 is 2.00 bits per heavy atom. The molecule has 0 aromatic heterocycles. The highest BCUT2D eigenvalue weighted by Gasteiger charge is 2.18. The van der Waals surface area contributed by atoms with Crippen LogP contribution in [0, 0.1) is 0 Å². The van der Waals surface area contributed by atoms with Gasteiger partial charge < -0.3 is 9.64 Å². The number of carbonyl (C=O) groups excluding carboxylic acids is 1. The van der Waals surface area contributed by atoms with Gasteiger partial charge in [0.25, 0.3) is 0 Å². The summed E-state index contributed by atoms with van der Waals surface area (Å²) in [7, 11) is -3.31. The van der Waals surface area contributed by atoms with Crippen LogP contribution in [0.3, 0.4) is 0 Å². The van der Waals surface area contributed by atoms with Crippen molar-refractivity contribution in [3.8, 4) is 0 Å². The highest BCUT2D eigenvalue weighted by atomic mass is 32.2. The number of hydrogen-bond acceptors (Lipinski definition) is 4. The quantitative estimate of drug-likeness (QED) is 0.706. The second-order valence-corrected chi connectivity index (χ2v) is 5.91. The van der Waals surface area contributed by atoms with Crippen molar-refractivity contribution in [2.45, 2.75) is 19.8 Å². The van der Waals surface area contributed by atoms with Crippen molar-refractivity contribution < 1.29 is 17.9 Å². The molecule has 0 spiro atoms. The fourth-order valence-corrected chi connectivity index (χ4v) is 2.66. The van der Waals surface area contributed by atoms with Crippen molar-refractivity contribution >= 4 is 15.9 Å². The third-order valence-electron chi connectivity index (χ3n) is 2.57. The average molecular weight is 264 g/mol. The highest BCUT2D eigenvalue weighted by Crippen LogP contribution is 1.98. The predicted molar refractivity (Wildman–Crippen MR) is 64.1 cm³/mol. The van der Waals surface area contributed by atoms with Crippen LogP contribution >= 0.6 is 0 Å². The molecule has 0 aromatic rings. The molecule has 0 radical (unpaired) electrons. The van der Waals surface area contributed by atoms with Gasteiger partial charge in [0, 0.05) is 13.1 Å². The molecule has 1 aliphatic heterocycles. The van der Waals surface area contributed by atoms with Gasteiger partial charge in [-0.25, -0.2) is 13.1 Å². The Morgan fingerprint density at radius 1 is 1.35 bits per heavy atom. The van der Waals surface area contributed by atoms with E-state index in [1.807, 2.05) is 6.92 Å². The molecular formula is C10H20N2O4S. The molecule has 1 amide bonds. The topological polar surface area (TPSA) is 75.7 Å². The number of morpholine rings is 1. The summed E-state index contributed by atoms with van der Waals surface area (Å²) in [4.78, 5) is 13.3. The van der Waals surface area contributed by atoms with Gasteiger partial charge in [0.15, 0.2) is 0 Å². The molecule has 1 aliphatic rings. The maximum atomic E-state index is 11.7. The molecule has 100 valence electrons. The number of rotatable bonds is 6. The first-order chi connectivity index (χ1) is 8.05. The Labute approximate surface area is 102 Å². The molecule has 7 heteroatoms. The second kappa shape index (κ2) is 6.93. The summed E-state index contributed by atoms with van der Waals surface area (Å²) >= 11 is 0. The number of nitrogens with one attached hydrogen (secondary N) is 1. The van der Waals surface area contributed by atoms with Gasteiger partial charge in [0.05, 0.1) is 25.5 Å². The molecule has 0 unspecified atom stereocenters. The van der Waals surface area contributed by atoms with Crippen LogP contribution in [0.2, 0.25) is 0 Å². The number of ether oxygens (including phenoxy) is 1. The predicted octanol–water partition coefficient (Wildman–Crippen LogP) is -0.435. The first kappa shape index (κ1) is 14.4. The van der Waals surface area contributed by atoms with E-state index in [0.29, 0.717) is 32.7 Å². The van der Waals surface area contributed by atoms with Crippen LogP contribution < -0.4 is 4.72 Å². The second-order valence-electron chi connectivity index (χ2n) is 3.99. The van der Waals surface area contributed by atoms with Crippen molar-refractivity contribution in [3.63, 3.8) is 0 Å². The summed E-state index contributed by atoms with van der Waals surface area (Å²) in [5.41, 5.74) is 0. The zero-order valence-electron chi connectivity index (χ0n) is 10.1. The molecule has 0 aromatic carbocycles. The molecule has 1 saturated heterocycles. The van der Waals surface area contributed by atoms with Gasteiger partial charge in [0.2, 0.25) is 15.9 Å². The normalized spacial score (nSPS) is 17.1. The van der Waals surface area contributed by atoms with Crippen LogP contribution in [-0.2, 0) is 19.6 Å².